The Kier molecular flexibility index (Phi) is 12.5. The molecule has 0 atom stereocenters. The van der Waals surface area contributed by atoms with Crippen LogP contribution in [0.25, 0.3) is 32.7 Å². The molecule has 6 aromatic carbocycles. The van der Waals surface area contributed by atoms with Crippen LogP contribution in [0.2, 0.25) is 0 Å². The van der Waals surface area contributed by atoms with Gasteiger partial charge in [0.25, 0.3) is 0 Å². The third kappa shape index (κ3) is 10.3. The van der Waals surface area contributed by atoms with Crippen molar-refractivity contribution >= 4 is 51.4 Å². The van der Waals surface area contributed by atoms with Gasteiger partial charge in [-0.05, 0) is 143 Å². The van der Waals surface area contributed by atoms with Crippen molar-refractivity contribution in [1.82, 2.24) is 29.9 Å². The highest BCUT2D eigenvalue weighted by molar-refractivity contribution is 5.89. The number of phenolic OH excluding ortho intramolecular Hbond substituents is 3. The summed E-state index contributed by atoms with van der Waals surface area (Å²) in [5.74, 6) is 1.74. The van der Waals surface area contributed by atoms with E-state index in [2.05, 4.69) is 44.9 Å². The highest BCUT2D eigenvalue weighted by atomic mass is 16.5. The number of hydrogen-bond donors (Lipinski definition) is 3. The van der Waals surface area contributed by atoms with Gasteiger partial charge < -0.3 is 29.5 Å². The summed E-state index contributed by atoms with van der Waals surface area (Å²) >= 11 is 0. The van der Waals surface area contributed by atoms with Crippen LogP contribution >= 0.6 is 0 Å². The van der Waals surface area contributed by atoms with Gasteiger partial charge in [0.1, 0.15) is 51.0 Å². The highest BCUT2D eigenvalue weighted by Crippen LogP contribution is 2.30. The first-order valence-electron chi connectivity index (χ1n) is 21.6. The average molecular weight is 910 g/mol. The first kappa shape index (κ1) is 43.3. The van der Waals surface area contributed by atoms with Crippen molar-refractivity contribution < 1.29 is 29.5 Å². The topological polar surface area (TPSA) is 203 Å². The minimum Gasteiger partial charge on any atom is -0.506 e. The Morgan fingerprint density at radius 1 is 0.362 bits per heavy atom. The van der Waals surface area contributed by atoms with Gasteiger partial charge in [-0.3, -0.25) is 29.9 Å². The number of hydrogen-bond acceptors (Lipinski definition) is 15. The molecule has 69 heavy (non-hydrogen) atoms. The van der Waals surface area contributed by atoms with E-state index in [0.29, 0.717) is 53.4 Å². The number of nitrogens with zero attached hydrogens (tertiary/aromatic N) is 9. The Labute approximate surface area is 394 Å². The molecule has 0 spiro atoms. The van der Waals surface area contributed by atoms with Gasteiger partial charge in [0, 0.05) is 53.4 Å². The fraction of sp³-hybridized carbons (Fsp3) is 0.0556. The summed E-state index contributed by atoms with van der Waals surface area (Å²) in [5.41, 5.74) is 6.95. The van der Waals surface area contributed by atoms with E-state index in [0.717, 1.165) is 49.5 Å². The summed E-state index contributed by atoms with van der Waals surface area (Å²) in [5, 5.41) is 33.2. The Morgan fingerprint density at radius 3 is 0.942 bits per heavy atom. The Hall–Kier alpha value is -9.63. The van der Waals surface area contributed by atoms with Crippen molar-refractivity contribution in [3.8, 4) is 52.5 Å². The van der Waals surface area contributed by atoms with Crippen molar-refractivity contribution in [2.24, 2.45) is 15.0 Å². The van der Waals surface area contributed by atoms with Crippen LogP contribution in [0.15, 0.2) is 179 Å². The van der Waals surface area contributed by atoms with Gasteiger partial charge in [0.05, 0.1) is 19.6 Å². The Balaban J connectivity index is 0.839. The van der Waals surface area contributed by atoms with Crippen molar-refractivity contribution in [2.75, 3.05) is 0 Å². The van der Waals surface area contributed by atoms with Gasteiger partial charge in [-0.1, -0.05) is 36.4 Å². The van der Waals surface area contributed by atoms with Gasteiger partial charge >= 0.3 is 18.0 Å². The standard InChI is InChI=1S/C54H39N9O6/c64-46-22-13-37(43-4-1-25-58-49(43)46)31-55-28-34-7-16-40(17-8-34)67-52-61-53(68-41-18-9-35(10-19-41)29-56-32-38-14-23-47(65)50-44(38)5-2-26-59-50)63-54(62-52)69-42-20-11-36(12-21-42)30-57-33-39-15-24-48(66)51-45(39)6-3-27-60-51/h1-30,64-66H,31-33H2. The van der Waals surface area contributed by atoms with E-state index >= 15 is 0 Å². The van der Waals surface area contributed by atoms with Crippen LogP contribution in [0.5, 0.6) is 52.5 Å². The van der Waals surface area contributed by atoms with Crippen LogP contribution < -0.4 is 14.2 Å². The number of ether oxygens (including phenoxy) is 3. The van der Waals surface area contributed by atoms with Crippen LogP contribution in [-0.2, 0) is 19.6 Å². The second-order valence-electron chi connectivity index (χ2n) is 15.5. The first-order chi connectivity index (χ1) is 33.9. The third-order valence-electron chi connectivity index (χ3n) is 10.9. The van der Waals surface area contributed by atoms with E-state index in [1.165, 1.54) is 0 Å². The molecule has 10 aromatic rings. The van der Waals surface area contributed by atoms with Crippen LogP contribution in [-0.4, -0.2) is 63.9 Å². The van der Waals surface area contributed by atoms with Crippen LogP contribution in [0, 0.1) is 0 Å². The maximum Gasteiger partial charge on any atom is 0.331 e. The zero-order valence-electron chi connectivity index (χ0n) is 36.5. The molecule has 0 radical (unpaired) electrons. The average Bonchev–Trinajstić information content (AvgIpc) is 3.38. The molecule has 0 aliphatic rings. The monoisotopic (exact) mass is 909 g/mol. The Morgan fingerprint density at radius 2 is 0.652 bits per heavy atom. The van der Waals surface area contributed by atoms with Gasteiger partial charge in [-0.15, -0.1) is 15.0 Å². The summed E-state index contributed by atoms with van der Waals surface area (Å²) in [7, 11) is 0. The quantitative estimate of drug-likeness (QED) is 0.0823. The maximum atomic E-state index is 10.2. The van der Waals surface area contributed by atoms with E-state index in [4.69, 9.17) is 14.2 Å². The number of phenols is 3. The minimum atomic E-state index is -0.0642. The van der Waals surface area contributed by atoms with Gasteiger partial charge in [0.15, 0.2) is 0 Å². The smallest absolute Gasteiger partial charge is 0.331 e. The second-order valence-corrected chi connectivity index (χ2v) is 15.5. The number of fused-ring (bicyclic) bond motifs is 3. The van der Waals surface area contributed by atoms with E-state index in [9.17, 15) is 15.3 Å². The fourth-order valence-electron chi connectivity index (χ4n) is 7.45. The lowest BCUT2D eigenvalue weighted by Crippen LogP contribution is -2.01. The normalized spacial score (nSPS) is 11.7. The number of aromatic nitrogens is 6. The lowest BCUT2D eigenvalue weighted by molar-refractivity contribution is 0.362. The molecule has 0 saturated heterocycles. The lowest BCUT2D eigenvalue weighted by atomic mass is 10.1. The summed E-state index contributed by atoms with van der Waals surface area (Å²) in [6.45, 7) is 1.20. The summed E-state index contributed by atoms with van der Waals surface area (Å²) in [4.78, 5) is 40.1. The highest BCUT2D eigenvalue weighted by Gasteiger charge is 2.14. The largest absolute Gasteiger partial charge is 0.506 e. The van der Waals surface area contributed by atoms with Crippen molar-refractivity contribution in [3.63, 3.8) is 0 Å². The molecule has 0 bridgehead atoms. The van der Waals surface area contributed by atoms with E-state index in [-0.39, 0.29) is 35.3 Å². The fourth-order valence-corrected chi connectivity index (χ4v) is 7.45. The molecule has 336 valence electrons. The van der Waals surface area contributed by atoms with Crippen LogP contribution in [0.1, 0.15) is 33.4 Å². The number of pyridine rings is 3. The van der Waals surface area contributed by atoms with E-state index in [1.807, 2.05) is 91.0 Å². The molecule has 4 heterocycles. The molecule has 10 rings (SSSR count). The predicted octanol–water partition coefficient (Wildman–Crippen LogP) is 10.9. The number of aromatic hydroxyl groups is 3. The molecule has 0 fully saturated rings. The molecule has 0 saturated carbocycles. The van der Waals surface area contributed by atoms with E-state index < -0.39 is 0 Å². The summed E-state index contributed by atoms with van der Waals surface area (Å²) < 4.78 is 18.4. The first-order valence-corrected chi connectivity index (χ1v) is 21.6. The minimum absolute atomic E-state index is 0.0642. The molecule has 0 aliphatic carbocycles. The van der Waals surface area contributed by atoms with Crippen molar-refractivity contribution in [3.05, 3.63) is 198 Å². The second kappa shape index (κ2) is 19.9. The van der Waals surface area contributed by atoms with Gasteiger partial charge in [-0.2, -0.15) is 0 Å². The SMILES string of the molecule is Oc1ccc(CN=Cc2ccc(Oc3nc(Oc4ccc(C=NCc5ccc(O)c6ncccc56)cc4)nc(Oc4ccc(C=NCc5ccc(O)c6ncccc56)cc4)n3)cc2)c2cccnc12. The molecule has 3 N–H and O–H groups in total. The molecule has 0 unspecified atom stereocenters. The molecule has 15 heteroatoms. The van der Waals surface area contributed by atoms with Crippen molar-refractivity contribution in [2.45, 2.75) is 19.6 Å². The van der Waals surface area contributed by atoms with Crippen molar-refractivity contribution in [1.29, 1.82) is 0 Å². The molecular weight excluding hydrogens is 871 g/mol. The van der Waals surface area contributed by atoms with Crippen LogP contribution in [0.3, 0.4) is 0 Å². The van der Waals surface area contributed by atoms with Gasteiger partial charge in [-0.25, -0.2) is 0 Å². The zero-order valence-corrected chi connectivity index (χ0v) is 36.5. The summed E-state index contributed by atoms with van der Waals surface area (Å²) in [6.07, 6.45) is 10.2. The zero-order chi connectivity index (χ0) is 46.9. The lowest BCUT2D eigenvalue weighted by Gasteiger charge is -2.10. The van der Waals surface area contributed by atoms with Gasteiger partial charge in [0.2, 0.25) is 0 Å². The molecule has 0 amide bonds. The molecular formula is C54H39N9O6. The summed E-state index contributed by atoms with van der Waals surface area (Å²) in [6, 6.07) is 43.2. The Bertz CT molecular complexity index is 3170. The number of rotatable bonds is 15. The third-order valence-corrected chi connectivity index (χ3v) is 10.9. The maximum absolute atomic E-state index is 10.2. The molecule has 4 aromatic heterocycles. The van der Waals surface area contributed by atoms with E-state index in [1.54, 1.807) is 91.8 Å². The molecule has 0 aliphatic heterocycles. The van der Waals surface area contributed by atoms with Crippen LogP contribution in [0.4, 0.5) is 0 Å². The predicted molar refractivity (Wildman–Crippen MR) is 263 cm³/mol. The molecule has 15 nitrogen and oxygen atoms in total. The number of aliphatic imine (C=N–C) groups is 3. The number of benzene rings is 6.